The van der Waals surface area contributed by atoms with Gasteiger partial charge in [0.15, 0.2) is 11.9 Å². The number of hydrogen-bond acceptors (Lipinski definition) is 6. The first-order valence-corrected chi connectivity index (χ1v) is 10.4. The lowest BCUT2D eigenvalue weighted by Gasteiger charge is -2.11. The number of aromatic nitrogens is 3. The molecular weight excluding hydrogens is 380 g/mol. The van der Waals surface area contributed by atoms with Crippen molar-refractivity contribution in [2.75, 3.05) is 13.1 Å². The SMILES string of the molecule is Cc1noc(C)c1-c1ccc2c(C(=O)N[C@@H]3CCN(C#N)C3)nn(CC3CC3)c2c1. The summed E-state index contributed by atoms with van der Waals surface area (Å²) in [6.07, 6.45) is 5.34. The third kappa shape index (κ3) is 3.30. The molecule has 0 bridgehead atoms. The molecule has 1 aliphatic heterocycles. The van der Waals surface area contributed by atoms with Gasteiger partial charge >= 0.3 is 0 Å². The third-order valence-electron chi connectivity index (χ3n) is 6.08. The average Bonchev–Trinajstić information content (AvgIpc) is 3.16. The number of aryl methyl sites for hydroxylation is 2. The summed E-state index contributed by atoms with van der Waals surface area (Å²) in [6, 6.07) is 6.03. The molecule has 8 nitrogen and oxygen atoms in total. The van der Waals surface area contributed by atoms with Gasteiger partial charge in [-0.15, -0.1) is 0 Å². The third-order valence-corrected chi connectivity index (χ3v) is 6.08. The number of carbonyl (C=O) groups is 1. The summed E-state index contributed by atoms with van der Waals surface area (Å²) in [5.74, 6) is 1.23. The molecule has 1 aromatic carbocycles. The van der Waals surface area contributed by atoms with Crippen molar-refractivity contribution in [3.05, 3.63) is 35.3 Å². The van der Waals surface area contributed by atoms with Crippen LogP contribution in [0.3, 0.4) is 0 Å². The van der Waals surface area contributed by atoms with Crippen LogP contribution in [0.2, 0.25) is 0 Å². The van der Waals surface area contributed by atoms with Crippen molar-refractivity contribution in [2.45, 2.75) is 45.7 Å². The normalized spacial score (nSPS) is 18.7. The molecule has 3 heterocycles. The molecule has 0 spiro atoms. The predicted molar refractivity (Wildman–Crippen MR) is 110 cm³/mol. The van der Waals surface area contributed by atoms with Crippen LogP contribution in [-0.4, -0.2) is 44.9 Å². The van der Waals surface area contributed by atoms with Gasteiger partial charge in [0.25, 0.3) is 5.91 Å². The average molecular weight is 404 g/mol. The van der Waals surface area contributed by atoms with E-state index in [0.29, 0.717) is 24.7 Å². The number of carbonyl (C=O) groups excluding carboxylic acids is 1. The lowest BCUT2D eigenvalue weighted by atomic mass is 10.0. The maximum absolute atomic E-state index is 13.0. The summed E-state index contributed by atoms with van der Waals surface area (Å²) in [4.78, 5) is 14.7. The maximum atomic E-state index is 13.0. The van der Waals surface area contributed by atoms with E-state index in [2.05, 4.69) is 22.7 Å². The molecule has 1 saturated carbocycles. The van der Waals surface area contributed by atoms with Crippen LogP contribution in [0, 0.1) is 31.2 Å². The number of hydrogen-bond donors (Lipinski definition) is 1. The van der Waals surface area contributed by atoms with Gasteiger partial charge in [0.1, 0.15) is 5.76 Å². The summed E-state index contributed by atoms with van der Waals surface area (Å²) >= 11 is 0. The molecule has 2 aromatic heterocycles. The molecule has 2 aliphatic rings. The number of fused-ring (bicyclic) bond motifs is 1. The van der Waals surface area contributed by atoms with Gasteiger partial charge in [0.2, 0.25) is 0 Å². The highest BCUT2D eigenvalue weighted by atomic mass is 16.5. The molecule has 1 amide bonds. The zero-order valence-electron chi connectivity index (χ0n) is 17.2. The van der Waals surface area contributed by atoms with Crippen LogP contribution in [0.15, 0.2) is 22.7 Å². The van der Waals surface area contributed by atoms with E-state index in [4.69, 9.17) is 14.9 Å². The highest BCUT2D eigenvalue weighted by Crippen LogP contribution is 2.34. The Hall–Kier alpha value is -3.34. The zero-order chi connectivity index (χ0) is 20.8. The molecule has 30 heavy (non-hydrogen) atoms. The standard InChI is InChI=1S/C22H24N6O2/c1-13-20(14(2)30-26-13)16-5-6-18-19(9-16)28(10-15-3-4-15)25-21(18)22(29)24-17-7-8-27(11-17)12-23/h5-6,9,15,17H,3-4,7-8,10-11H2,1-2H3,(H,24,29)/t17-/m1/s1. The predicted octanol–water partition coefficient (Wildman–Crippen LogP) is 3.00. The summed E-state index contributed by atoms with van der Waals surface area (Å²) in [6.45, 7) is 5.90. The summed E-state index contributed by atoms with van der Waals surface area (Å²) in [7, 11) is 0. The van der Waals surface area contributed by atoms with E-state index in [1.54, 1.807) is 4.90 Å². The summed E-state index contributed by atoms with van der Waals surface area (Å²) in [5.41, 5.74) is 4.26. The molecule has 1 N–H and O–H groups in total. The van der Waals surface area contributed by atoms with E-state index in [0.717, 1.165) is 46.4 Å². The van der Waals surface area contributed by atoms with Gasteiger partial charge in [-0.1, -0.05) is 11.2 Å². The smallest absolute Gasteiger partial charge is 0.272 e. The van der Waals surface area contributed by atoms with E-state index in [9.17, 15) is 4.79 Å². The summed E-state index contributed by atoms with van der Waals surface area (Å²) in [5, 5.41) is 21.7. The topological polar surface area (TPSA) is 100.0 Å². The van der Waals surface area contributed by atoms with Crippen molar-refractivity contribution in [1.82, 2.24) is 25.2 Å². The van der Waals surface area contributed by atoms with Crippen molar-refractivity contribution in [1.29, 1.82) is 5.26 Å². The highest BCUT2D eigenvalue weighted by Gasteiger charge is 2.28. The van der Waals surface area contributed by atoms with Crippen molar-refractivity contribution in [3.63, 3.8) is 0 Å². The lowest BCUT2D eigenvalue weighted by Crippen LogP contribution is -2.36. The monoisotopic (exact) mass is 404 g/mol. The molecule has 154 valence electrons. The molecule has 0 radical (unpaired) electrons. The fourth-order valence-corrected chi connectivity index (χ4v) is 4.30. The number of likely N-dealkylation sites (tertiary alicyclic amines) is 1. The van der Waals surface area contributed by atoms with Crippen LogP contribution in [0.25, 0.3) is 22.0 Å². The Labute approximate surface area is 174 Å². The molecule has 8 heteroatoms. The first kappa shape index (κ1) is 18.7. The minimum atomic E-state index is -0.176. The minimum absolute atomic E-state index is 0.0256. The second kappa shape index (κ2) is 7.17. The number of nitrogens with zero attached hydrogens (tertiary/aromatic N) is 5. The van der Waals surface area contributed by atoms with Crippen molar-refractivity contribution in [2.24, 2.45) is 5.92 Å². The maximum Gasteiger partial charge on any atom is 0.272 e. The van der Waals surface area contributed by atoms with Crippen LogP contribution in [-0.2, 0) is 6.54 Å². The van der Waals surface area contributed by atoms with Crippen LogP contribution < -0.4 is 5.32 Å². The van der Waals surface area contributed by atoms with Crippen molar-refractivity contribution < 1.29 is 9.32 Å². The van der Waals surface area contributed by atoms with Gasteiger partial charge in [0, 0.05) is 36.6 Å². The van der Waals surface area contributed by atoms with E-state index >= 15 is 0 Å². The molecule has 1 atom stereocenters. The van der Waals surface area contributed by atoms with Gasteiger partial charge in [-0.3, -0.25) is 9.48 Å². The number of amides is 1. The van der Waals surface area contributed by atoms with Gasteiger partial charge in [-0.05, 0) is 56.7 Å². The fraction of sp³-hybridized carbons (Fsp3) is 0.455. The van der Waals surface area contributed by atoms with E-state index in [1.807, 2.05) is 30.7 Å². The Morgan fingerprint density at radius 3 is 2.83 bits per heavy atom. The van der Waals surface area contributed by atoms with Crippen LogP contribution >= 0.6 is 0 Å². The number of nitriles is 1. The van der Waals surface area contributed by atoms with Gasteiger partial charge in [-0.25, -0.2) is 0 Å². The van der Waals surface area contributed by atoms with Crippen molar-refractivity contribution >= 4 is 16.8 Å². The minimum Gasteiger partial charge on any atom is -0.361 e. The van der Waals surface area contributed by atoms with Crippen LogP contribution in [0.5, 0.6) is 0 Å². The highest BCUT2D eigenvalue weighted by molar-refractivity contribution is 6.05. The second-order valence-electron chi connectivity index (χ2n) is 8.41. The number of rotatable bonds is 5. The quantitative estimate of drug-likeness (QED) is 0.656. The number of nitrogens with one attached hydrogen (secondary N) is 1. The van der Waals surface area contributed by atoms with Gasteiger partial charge < -0.3 is 14.7 Å². The van der Waals surface area contributed by atoms with E-state index < -0.39 is 0 Å². The molecular formula is C22H24N6O2. The fourth-order valence-electron chi connectivity index (χ4n) is 4.30. The molecule has 1 aliphatic carbocycles. The first-order valence-electron chi connectivity index (χ1n) is 10.4. The van der Waals surface area contributed by atoms with Crippen LogP contribution in [0.4, 0.5) is 0 Å². The zero-order valence-corrected chi connectivity index (χ0v) is 17.2. The molecule has 5 rings (SSSR count). The Bertz CT molecular complexity index is 1150. The lowest BCUT2D eigenvalue weighted by molar-refractivity contribution is 0.0934. The van der Waals surface area contributed by atoms with E-state index in [1.165, 1.54) is 12.8 Å². The van der Waals surface area contributed by atoms with Crippen molar-refractivity contribution in [3.8, 4) is 17.3 Å². The first-order chi connectivity index (χ1) is 14.5. The second-order valence-corrected chi connectivity index (χ2v) is 8.41. The van der Waals surface area contributed by atoms with Gasteiger partial charge in [-0.2, -0.15) is 10.4 Å². The Morgan fingerprint density at radius 1 is 1.33 bits per heavy atom. The number of benzene rings is 1. The molecule has 2 fully saturated rings. The largest absolute Gasteiger partial charge is 0.361 e. The summed E-state index contributed by atoms with van der Waals surface area (Å²) < 4.78 is 7.31. The van der Waals surface area contributed by atoms with Gasteiger partial charge in [0.05, 0.1) is 11.2 Å². The molecule has 1 saturated heterocycles. The Morgan fingerprint density at radius 2 is 2.17 bits per heavy atom. The Kier molecular flexibility index (Phi) is 4.46. The van der Waals surface area contributed by atoms with E-state index in [-0.39, 0.29) is 11.9 Å². The molecule has 3 aromatic rings. The Balaban J connectivity index is 1.51. The molecule has 0 unspecified atom stereocenters. The van der Waals surface area contributed by atoms with Crippen LogP contribution in [0.1, 0.15) is 41.2 Å².